The Morgan fingerprint density at radius 3 is 2.22 bits per heavy atom. The summed E-state index contributed by atoms with van der Waals surface area (Å²) in [6.45, 7) is 5.28. The summed E-state index contributed by atoms with van der Waals surface area (Å²) in [6, 6.07) is 0.483. The fourth-order valence-corrected chi connectivity index (χ4v) is 2.10. The number of carboxylic acid groups (broad SMARTS) is 1. The van der Waals surface area contributed by atoms with Crippen LogP contribution < -0.4 is 16.0 Å². The lowest BCUT2D eigenvalue weighted by Gasteiger charge is -2.31. The summed E-state index contributed by atoms with van der Waals surface area (Å²) in [5, 5.41) is 16.5. The van der Waals surface area contributed by atoms with Gasteiger partial charge in [0.15, 0.2) is 0 Å². The van der Waals surface area contributed by atoms with E-state index in [9.17, 15) is 4.79 Å². The van der Waals surface area contributed by atoms with Crippen LogP contribution in [0.4, 0.5) is 4.79 Å². The van der Waals surface area contributed by atoms with E-state index in [1.807, 2.05) is 4.90 Å². The standard InChI is InChI=1S/C10H20N4O.CH2O2/c15-10(14-7-5-12-6-8-14)13-9-1-3-11-4-2-9;2-1-3/h9,11-12H,1-8H2,(H,13,15);1H,(H,2,3). The van der Waals surface area contributed by atoms with E-state index >= 15 is 0 Å². The van der Waals surface area contributed by atoms with Gasteiger partial charge in [0.1, 0.15) is 0 Å². The van der Waals surface area contributed by atoms with Crippen LogP contribution in [-0.2, 0) is 4.79 Å². The molecule has 0 spiro atoms. The van der Waals surface area contributed by atoms with Crippen molar-refractivity contribution in [1.29, 1.82) is 0 Å². The van der Waals surface area contributed by atoms with Crippen molar-refractivity contribution < 1.29 is 14.7 Å². The van der Waals surface area contributed by atoms with Gasteiger partial charge >= 0.3 is 6.03 Å². The molecule has 7 heteroatoms. The highest BCUT2D eigenvalue weighted by molar-refractivity contribution is 5.74. The molecule has 2 aliphatic heterocycles. The van der Waals surface area contributed by atoms with E-state index in [0.717, 1.165) is 52.1 Å². The molecule has 0 aromatic heterocycles. The number of piperidine rings is 1. The van der Waals surface area contributed by atoms with Gasteiger partial charge in [0.2, 0.25) is 0 Å². The molecule has 0 unspecified atom stereocenters. The highest BCUT2D eigenvalue weighted by Crippen LogP contribution is 2.03. The quantitative estimate of drug-likeness (QED) is 0.455. The summed E-state index contributed by atoms with van der Waals surface area (Å²) in [7, 11) is 0. The molecule has 18 heavy (non-hydrogen) atoms. The van der Waals surface area contributed by atoms with Crippen LogP contribution in [0.3, 0.4) is 0 Å². The largest absolute Gasteiger partial charge is 0.483 e. The van der Waals surface area contributed by atoms with Gasteiger partial charge in [-0.25, -0.2) is 4.79 Å². The molecule has 0 aliphatic carbocycles. The molecule has 2 rings (SSSR count). The molecule has 4 N–H and O–H groups in total. The normalized spacial score (nSPS) is 20.6. The lowest BCUT2D eigenvalue weighted by molar-refractivity contribution is -0.122. The molecule has 0 aromatic rings. The Kier molecular flexibility index (Phi) is 7.12. The van der Waals surface area contributed by atoms with E-state index in [1.165, 1.54) is 0 Å². The van der Waals surface area contributed by atoms with Crippen LogP contribution in [0.15, 0.2) is 0 Å². The van der Waals surface area contributed by atoms with Gasteiger partial charge in [-0.3, -0.25) is 4.79 Å². The van der Waals surface area contributed by atoms with Crippen LogP contribution in [0.2, 0.25) is 0 Å². The van der Waals surface area contributed by atoms with Gasteiger partial charge in [-0.05, 0) is 25.9 Å². The molecule has 0 atom stereocenters. The van der Waals surface area contributed by atoms with E-state index < -0.39 is 0 Å². The third-order valence-electron chi connectivity index (χ3n) is 3.07. The zero-order valence-corrected chi connectivity index (χ0v) is 10.5. The number of urea groups is 1. The number of piperazine rings is 1. The molecule has 2 saturated heterocycles. The second-order valence-corrected chi connectivity index (χ2v) is 4.32. The highest BCUT2D eigenvalue weighted by Gasteiger charge is 2.20. The zero-order chi connectivity index (χ0) is 13.2. The fourth-order valence-electron chi connectivity index (χ4n) is 2.10. The summed E-state index contributed by atoms with van der Waals surface area (Å²) in [4.78, 5) is 22.1. The van der Waals surface area contributed by atoms with Gasteiger partial charge in [-0.15, -0.1) is 0 Å². The number of carbonyl (C=O) groups excluding carboxylic acids is 1. The Balaban J connectivity index is 0.000000492. The maximum absolute atomic E-state index is 11.8. The third-order valence-corrected chi connectivity index (χ3v) is 3.07. The first-order valence-corrected chi connectivity index (χ1v) is 6.32. The van der Waals surface area contributed by atoms with Gasteiger partial charge in [0.05, 0.1) is 0 Å². The van der Waals surface area contributed by atoms with Gasteiger partial charge in [-0.1, -0.05) is 0 Å². The SMILES string of the molecule is O=C(NC1CCNCC1)N1CCNCC1.O=CO. The van der Waals surface area contributed by atoms with Crippen LogP contribution in [0.25, 0.3) is 0 Å². The Bertz CT molecular complexity index is 251. The Morgan fingerprint density at radius 1 is 1.17 bits per heavy atom. The van der Waals surface area contributed by atoms with E-state index in [-0.39, 0.29) is 12.5 Å². The second kappa shape index (κ2) is 8.71. The van der Waals surface area contributed by atoms with Crippen molar-refractivity contribution in [2.45, 2.75) is 18.9 Å². The Hall–Kier alpha value is -1.34. The number of rotatable bonds is 1. The number of nitrogens with one attached hydrogen (secondary N) is 3. The van der Waals surface area contributed by atoms with Gasteiger partial charge < -0.3 is 26.0 Å². The zero-order valence-electron chi connectivity index (χ0n) is 10.5. The van der Waals surface area contributed by atoms with Crippen LogP contribution in [0.5, 0.6) is 0 Å². The minimum absolute atomic E-state index is 0.114. The van der Waals surface area contributed by atoms with E-state index in [4.69, 9.17) is 9.90 Å². The predicted molar refractivity (Wildman–Crippen MR) is 67.6 cm³/mol. The van der Waals surface area contributed by atoms with Crippen molar-refractivity contribution in [3.8, 4) is 0 Å². The smallest absolute Gasteiger partial charge is 0.317 e. The summed E-state index contributed by atoms with van der Waals surface area (Å²) in [6.07, 6.45) is 2.11. The average molecular weight is 258 g/mol. The molecule has 7 nitrogen and oxygen atoms in total. The van der Waals surface area contributed by atoms with Crippen LogP contribution in [-0.4, -0.2) is 67.8 Å². The molecule has 0 saturated carbocycles. The van der Waals surface area contributed by atoms with E-state index in [1.54, 1.807) is 0 Å². The van der Waals surface area contributed by atoms with Crippen molar-refractivity contribution in [1.82, 2.24) is 20.9 Å². The van der Waals surface area contributed by atoms with Crippen LogP contribution in [0.1, 0.15) is 12.8 Å². The average Bonchev–Trinajstić information content (AvgIpc) is 2.42. The Morgan fingerprint density at radius 2 is 1.67 bits per heavy atom. The molecular formula is C11H22N4O3. The number of carbonyl (C=O) groups is 2. The van der Waals surface area contributed by atoms with Crippen LogP contribution >= 0.6 is 0 Å². The molecule has 0 aromatic carbocycles. The summed E-state index contributed by atoms with van der Waals surface area (Å²) in [5.74, 6) is 0. The van der Waals surface area contributed by atoms with Crippen molar-refractivity contribution >= 4 is 12.5 Å². The summed E-state index contributed by atoms with van der Waals surface area (Å²) in [5.41, 5.74) is 0. The molecular weight excluding hydrogens is 236 g/mol. The predicted octanol–water partition coefficient (Wildman–Crippen LogP) is -0.946. The first kappa shape index (κ1) is 14.7. The molecule has 2 fully saturated rings. The number of nitrogens with zero attached hydrogens (tertiary/aromatic N) is 1. The molecule has 2 amide bonds. The van der Waals surface area contributed by atoms with Crippen molar-refractivity contribution in [2.75, 3.05) is 39.3 Å². The summed E-state index contributed by atoms with van der Waals surface area (Å²) < 4.78 is 0. The Labute approximate surface area is 107 Å². The fraction of sp³-hybridized carbons (Fsp3) is 0.818. The highest BCUT2D eigenvalue weighted by atomic mass is 16.3. The molecule has 2 heterocycles. The van der Waals surface area contributed by atoms with Crippen molar-refractivity contribution in [2.24, 2.45) is 0 Å². The van der Waals surface area contributed by atoms with Crippen molar-refractivity contribution in [3.63, 3.8) is 0 Å². The minimum Gasteiger partial charge on any atom is -0.483 e. The van der Waals surface area contributed by atoms with E-state index in [0.29, 0.717) is 6.04 Å². The first-order valence-electron chi connectivity index (χ1n) is 6.32. The molecule has 0 radical (unpaired) electrons. The maximum atomic E-state index is 11.8. The molecule has 2 aliphatic rings. The van der Waals surface area contributed by atoms with Crippen molar-refractivity contribution in [3.05, 3.63) is 0 Å². The van der Waals surface area contributed by atoms with Gasteiger partial charge in [0.25, 0.3) is 6.47 Å². The third kappa shape index (κ3) is 5.33. The maximum Gasteiger partial charge on any atom is 0.317 e. The topological polar surface area (TPSA) is 93.7 Å². The number of hydrogen-bond acceptors (Lipinski definition) is 4. The number of hydrogen-bond donors (Lipinski definition) is 4. The molecule has 104 valence electrons. The minimum atomic E-state index is -0.250. The first-order chi connectivity index (χ1) is 8.77. The summed E-state index contributed by atoms with van der Waals surface area (Å²) >= 11 is 0. The lowest BCUT2D eigenvalue weighted by Crippen LogP contribution is -2.53. The lowest BCUT2D eigenvalue weighted by atomic mass is 10.1. The van der Waals surface area contributed by atoms with Gasteiger partial charge in [-0.2, -0.15) is 0 Å². The van der Waals surface area contributed by atoms with Crippen LogP contribution in [0, 0.1) is 0 Å². The van der Waals surface area contributed by atoms with E-state index in [2.05, 4.69) is 16.0 Å². The van der Waals surface area contributed by atoms with Gasteiger partial charge in [0, 0.05) is 32.2 Å². The monoisotopic (exact) mass is 258 g/mol. The molecule has 0 bridgehead atoms. The number of amides is 2. The second-order valence-electron chi connectivity index (χ2n) is 4.32.